The number of hydrogen-bond donors (Lipinski definition) is 8. The van der Waals surface area contributed by atoms with Crippen LogP contribution in [0.1, 0.15) is 0 Å². The number of H-pyrrole nitrogens is 2. The van der Waals surface area contributed by atoms with Crippen molar-refractivity contribution in [2.45, 2.75) is 0 Å². The van der Waals surface area contributed by atoms with Crippen molar-refractivity contribution in [2.75, 3.05) is 22.9 Å². The fourth-order valence-corrected chi connectivity index (χ4v) is 0.576. The lowest BCUT2D eigenvalue weighted by atomic mass is 11.0. The minimum absolute atomic E-state index is 0.178. The van der Waals surface area contributed by atoms with Crippen LogP contribution in [-0.2, 0) is 10.4 Å². The molecular formula is C4H12N10O4S. The van der Waals surface area contributed by atoms with E-state index >= 15 is 0 Å². The quantitative estimate of drug-likeness (QED) is 0.230. The van der Waals surface area contributed by atoms with Crippen LogP contribution < -0.4 is 22.9 Å². The van der Waals surface area contributed by atoms with Crippen LogP contribution in [0, 0.1) is 0 Å². The zero-order chi connectivity index (χ0) is 15.1. The highest BCUT2D eigenvalue weighted by Crippen LogP contribution is 1.90. The van der Waals surface area contributed by atoms with Gasteiger partial charge in [-0.15, -0.1) is 10.2 Å². The summed E-state index contributed by atoms with van der Waals surface area (Å²) in [5.74, 6) is 0.852. The van der Waals surface area contributed by atoms with Gasteiger partial charge in [0.05, 0.1) is 0 Å². The van der Waals surface area contributed by atoms with Crippen molar-refractivity contribution in [3.8, 4) is 0 Å². The van der Waals surface area contributed by atoms with Crippen molar-refractivity contribution in [3.05, 3.63) is 0 Å². The van der Waals surface area contributed by atoms with Crippen LogP contribution in [-0.4, -0.2) is 47.9 Å². The van der Waals surface area contributed by atoms with Crippen LogP contribution in [0.4, 0.5) is 23.8 Å². The van der Waals surface area contributed by atoms with Gasteiger partial charge in [-0.3, -0.25) is 9.11 Å². The van der Waals surface area contributed by atoms with Gasteiger partial charge in [0.25, 0.3) is 0 Å². The summed E-state index contributed by atoms with van der Waals surface area (Å²) in [4.78, 5) is 7.00. The third-order valence-corrected chi connectivity index (χ3v) is 1.04. The second-order valence-corrected chi connectivity index (χ2v) is 3.50. The summed E-state index contributed by atoms with van der Waals surface area (Å²) in [6, 6.07) is 0. The van der Waals surface area contributed by atoms with Crippen LogP contribution in [0.3, 0.4) is 0 Å². The molecule has 0 bridgehead atoms. The monoisotopic (exact) mass is 296 g/mol. The molecule has 2 aromatic rings. The maximum Gasteiger partial charge on any atom is 0.394 e. The van der Waals surface area contributed by atoms with E-state index in [9.17, 15) is 0 Å². The van der Waals surface area contributed by atoms with E-state index in [2.05, 4.69) is 30.4 Å². The molecule has 19 heavy (non-hydrogen) atoms. The fraction of sp³-hybridized carbons (Fsp3) is 0. The molecule has 0 radical (unpaired) electrons. The Bertz CT molecular complexity index is 509. The van der Waals surface area contributed by atoms with Crippen LogP contribution in [0.2, 0.25) is 0 Å². The molecule has 0 aliphatic rings. The number of aromatic nitrogens is 6. The molecule has 0 aliphatic heterocycles. The van der Waals surface area contributed by atoms with E-state index < -0.39 is 10.4 Å². The zero-order valence-electron chi connectivity index (χ0n) is 9.22. The molecule has 0 saturated heterocycles. The van der Waals surface area contributed by atoms with Gasteiger partial charge in [-0.25, -0.2) is 10.2 Å². The third-order valence-electron chi connectivity index (χ3n) is 1.04. The number of nitrogens with one attached hydrogen (secondary N) is 2. The molecule has 14 nitrogen and oxygen atoms in total. The predicted octanol–water partition coefficient (Wildman–Crippen LogP) is -2.71. The van der Waals surface area contributed by atoms with Gasteiger partial charge in [0, 0.05) is 0 Å². The molecule has 108 valence electrons. The molecule has 0 atom stereocenters. The molecule has 0 fully saturated rings. The van der Waals surface area contributed by atoms with Gasteiger partial charge in [0.1, 0.15) is 0 Å². The first kappa shape index (κ1) is 16.4. The first-order chi connectivity index (χ1) is 8.58. The lowest BCUT2D eigenvalue weighted by Crippen LogP contribution is -1.89. The van der Waals surface area contributed by atoms with Crippen molar-refractivity contribution in [3.63, 3.8) is 0 Å². The third kappa shape index (κ3) is 11.6. The van der Waals surface area contributed by atoms with Crippen LogP contribution in [0.25, 0.3) is 0 Å². The Hall–Kier alpha value is -2.65. The number of rotatable bonds is 0. The first-order valence-corrected chi connectivity index (χ1v) is 5.54. The molecule has 0 aromatic carbocycles. The summed E-state index contributed by atoms with van der Waals surface area (Å²) < 4.78 is 31.6. The number of hydrogen-bond acceptors (Lipinski definition) is 10. The van der Waals surface area contributed by atoms with Crippen molar-refractivity contribution >= 4 is 34.2 Å². The van der Waals surface area contributed by atoms with Gasteiger partial charge < -0.3 is 22.9 Å². The molecule has 2 aromatic heterocycles. The summed E-state index contributed by atoms with van der Waals surface area (Å²) in [6.45, 7) is 0. The lowest BCUT2D eigenvalue weighted by Gasteiger charge is -1.69. The summed E-state index contributed by atoms with van der Waals surface area (Å²) in [7, 11) is -4.67. The normalized spacial score (nSPS) is 9.79. The Labute approximate surface area is 106 Å². The molecule has 0 unspecified atom stereocenters. The molecule has 0 spiro atoms. The summed E-state index contributed by atoms with van der Waals surface area (Å²) in [5, 5.41) is 11.6. The largest absolute Gasteiger partial charge is 0.394 e. The number of aromatic amines is 2. The van der Waals surface area contributed by atoms with Crippen LogP contribution in [0.15, 0.2) is 0 Å². The average molecular weight is 296 g/mol. The fourth-order valence-electron chi connectivity index (χ4n) is 0.576. The Morgan fingerprint density at radius 1 is 0.842 bits per heavy atom. The molecule has 0 amide bonds. The molecule has 15 heteroatoms. The number of nitrogens with two attached hydrogens (primary N) is 4. The number of anilines is 4. The van der Waals surface area contributed by atoms with E-state index in [4.69, 9.17) is 40.5 Å². The first-order valence-electron chi connectivity index (χ1n) is 4.14. The van der Waals surface area contributed by atoms with Crippen LogP contribution in [0.5, 0.6) is 0 Å². The predicted molar refractivity (Wildman–Crippen MR) is 64.6 cm³/mol. The highest BCUT2D eigenvalue weighted by atomic mass is 32.3. The minimum atomic E-state index is -4.67. The van der Waals surface area contributed by atoms with E-state index in [1.54, 1.807) is 0 Å². The minimum Gasteiger partial charge on any atom is -0.368 e. The van der Waals surface area contributed by atoms with Crippen molar-refractivity contribution in [1.29, 1.82) is 0 Å². The van der Waals surface area contributed by atoms with Gasteiger partial charge >= 0.3 is 10.4 Å². The lowest BCUT2D eigenvalue weighted by molar-refractivity contribution is 0.381. The molecule has 0 saturated carbocycles. The summed E-state index contributed by atoms with van der Waals surface area (Å²) in [5.41, 5.74) is 20.2. The summed E-state index contributed by atoms with van der Waals surface area (Å²) in [6.07, 6.45) is 0. The van der Waals surface area contributed by atoms with E-state index in [-0.39, 0.29) is 23.8 Å². The Morgan fingerprint density at radius 2 is 1.11 bits per heavy atom. The highest BCUT2D eigenvalue weighted by molar-refractivity contribution is 7.79. The van der Waals surface area contributed by atoms with E-state index in [1.807, 2.05) is 0 Å². The van der Waals surface area contributed by atoms with Crippen molar-refractivity contribution in [2.24, 2.45) is 0 Å². The maximum absolute atomic E-state index is 8.74. The SMILES string of the molecule is Nc1n[nH]c(N)n1.Nc1n[nH]c(N)n1.O=S(=O)(O)O. The maximum atomic E-state index is 8.74. The standard InChI is InChI=1S/2C2H5N5.H2O4S/c2*3-1-5-2(4)7-6-1;1-5(2,3)4/h2*(H5,3,4,5,6,7);(H2,1,2,3,4). The van der Waals surface area contributed by atoms with E-state index in [0.29, 0.717) is 0 Å². The molecule has 2 rings (SSSR count). The van der Waals surface area contributed by atoms with Gasteiger partial charge in [0.15, 0.2) is 0 Å². The van der Waals surface area contributed by atoms with Gasteiger partial charge in [0.2, 0.25) is 23.8 Å². The average Bonchev–Trinajstić information content (AvgIpc) is 2.74. The summed E-state index contributed by atoms with van der Waals surface area (Å²) >= 11 is 0. The smallest absolute Gasteiger partial charge is 0.368 e. The zero-order valence-corrected chi connectivity index (χ0v) is 10.0. The second-order valence-electron chi connectivity index (χ2n) is 2.61. The van der Waals surface area contributed by atoms with E-state index in [1.165, 1.54) is 0 Å². The van der Waals surface area contributed by atoms with Crippen LogP contribution >= 0.6 is 0 Å². The molecule has 2 heterocycles. The van der Waals surface area contributed by atoms with Gasteiger partial charge in [-0.2, -0.15) is 18.4 Å². The topological polar surface area (TPSA) is 262 Å². The number of nitrogens with zero attached hydrogens (tertiary/aromatic N) is 4. The Kier molecular flexibility index (Phi) is 5.97. The highest BCUT2D eigenvalue weighted by Gasteiger charge is 1.88. The molecule has 0 aliphatic carbocycles. The second kappa shape index (κ2) is 6.93. The van der Waals surface area contributed by atoms with Crippen molar-refractivity contribution in [1.82, 2.24) is 30.4 Å². The Balaban J connectivity index is 0.000000261. The van der Waals surface area contributed by atoms with Gasteiger partial charge in [-0.1, -0.05) is 0 Å². The van der Waals surface area contributed by atoms with Gasteiger partial charge in [-0.05, 0) is 0 Å². The van der Waals surface area contributed by atoms with Crippen molar-refractivity contribution < 1.29 is 17.5 Å². The number of nitrogen functional groups attached to an aromatic ring is 4. The Morgan fingerprint density at radius 3 is 1.16 bits per heavy atom. The van der Waals surface area contributed by atoms with E-state index in [0.717, 1.165) is 0 Å². The molecule has 12 N–H and O–H groups in total. The molecular weight excluding hydrogens is 284 g/mol.